The number of halogens is 1. The van der Waals surface area contributed by atoms with Crippen molar-refractivity contribution in [3.63, 3.8) is 0 Å². The molecule has 0 aromatic heterocycles. The first kappa shape index (κ1) is 15.3. The zero-order chi connectivity index (χ0) is 15.4. The molecule has 0 aliphatic rings. The van der Waals surface area contributed by atoms with Crippen molar-refractivity contribution in [3.05, 3.63) is 63.6 Å². The Morgan fingerprint density at radius 1 is 1.19 bits per heavy atom. The number of aryl methyl sites for hydroxylation is 1. The van der Waals surface area contributed by atoms with Gasteiger partial charge in [0.25, 0.3) is 0 Å². The van der Waals surface area contributed by atoms with Crippen LogP contribution in [0.4, 0.5) is 0 Å². The van der Waals surface area contributed by atoms with E-state index in [1.54, 1.807) is 0 Å². The number of hydrogen-bond acceptors (Lipinski definition) is 2. The number of carboxylic acids is 1. The molecule has 0 amide bonds. The van der Waals surface area contributed by atoms with Crippen molar-refractivity contribution in [2.75, 3.05) is 0 Å². The monoisotopic (exact) mass is 346 g/mol. The van der Waals surface area contributed by atoms with Crippen LogP contribution in [0.1, 0.15) is 16.7 Å². The Labute approximate surface area is 132 Å². The van der Waals surface area contributed by atoms with Crippen LogP contribution in [0.3, 0.4) is 0 Å². The van der Waals surface area contributed by atoms with Gasteiger partial charge in [-0.3, -0.25) is 0 Å². The quantitative estimate of drug-likeness (QED) is 0.796. The lowest BCUT2D eigenvalue weighted by atomic mass is 10.1. The Morgan fingerprint density at radius 2 is 1.95 bits per heavy atom. The maximum absolute atomic E-state index is 10.7. The van der Waals surface area contributed by atoms with Crippen molar-refractivity contribution in [2.24, 2.45) is 0 Å². The molecule has 0 spiro atoms. The Kier molecular flexibility index (Phi) is 4.81. The Balaban J connectivity index is 2.39. The molecular formula is C17H15BrO3. The molecule has 0 fully saturated rings. The highest BCUT2D eigenvalue weighted by Crippen LogP contribution is 2.31. The van der Waals surface area contributed by atoms with Crippen LogP contribution in [0.2, 0.25) is 0 Å². The second-order valence-electron chi connectivity index (χ2n) is 4.65. The molecule has 4 heteroatoms. The van der Waals surface area contributed by atoms with E-state index in [0.717, 1.165) is 27.4 Å². The van der Waals surface area contributed by atoms with E-state index in [2.05, 4.69) is 15.9 Å². The SMILES string of the molecule is Cc1cccc(Oc2ccc(Br)cc2/C=C/C(=O)O)c1C. The van der Waals surface area contributed by atoms with E-state index >= 15 is 0 Å². The first-order valence-electron chi connectivity index (χ1n) is 6.42. The second kappa shape index (κ2) is 6.59. The summed E-state index contributed by atoms with van der Waals surface area (Å²) in [5, 5.41) is 8.77. The minimum absolute atomic E-state index is 0.615. The minimum atomic E-state index is -0.993. The van der Waals surface area contributed by atoms with E-state index in [9.17, 15) is 4.79 Å². The molecule has 3 nitrogen and oxygen atoms in total. The summed E-state index contributed by atoms with van der Waals surface area (Å²) in [5.41, 5.74) is 2.91. The van der Waals surface area contributed by atoms with Gasteiger partial charge >= 0.3 is 5.97 Å². The summed E-state index contributed by atoms with van der Waals surface area (Å²) in [4.78, 5) is 10.7. The average Bonchev–Trinajstić information content (AvgIpc) is 2.43. The summed E-state index contributed by atoms with van der Waals surface area (Å²) in [6, 6.07) is 11.3. The van der Waals surface area contributed by atoms with Gasteiger partial charge in [0, 0.05) is 16.1 Å². The fraction of sp³-hybridized carbons (Fsp3) is 0.118. The molecule has 0 bridgehead atoms. The van der Waals surface area contributed by atoms with Crippen molar-refractivity contribution in [1.82, 2.24) is 0 Å². The van der Waals surface area contributed by atoms with Gasteiger partial charge in [0.05, 0.1) is 0 Å². The summed E-state index contributed by atoms with van der Waals surface area (Å²) in [5.74, 6) is 0.388. The lowest BCUT2D eigenvalue weighted by Gasteiger charge is -2.13. The number of aliphatic carboxylic acids is 1. The maximum Gasteiger partial charge on any atom is 0.328 e. The summed E-state index contributed by atoms with van der Waals surface area (Å²) < 4.78 is 6.81. The topological polar surface area (TPSA) is 46.5 Å². The van der Waals surface area contributed by atoms with Crippen molar-refractivity contribution in [1.29, 1.82) is 0 Å². The first-order valence-corrected chi connectivity index (χ1v) is 7.21. The molecule has 2 aromatic rings. The summed E-state index contributed by atoms with van der Waals surface area (Å²) in [6.45, 7) is 4.02. The van der Waals surface area contributed by atoms with Gasteiger partial charge in [-0.2, -0.15) is 0 Å². The predicted octanol–water partition coefficient (Wildman–Crippen LogP) is 4.96. The van der Waals surface area contributed by atoms with Crippen LogP contribution in [0.5, 0.6) is 11.5 Å². The lowest BCUT2D eigenvalue weighted by molar-refractivity contribution is -0.131. The third-order valence-electron chi connectivity index (χ3n) is 3.15. The summed E-state index contributed by atoms with van der Waals surface area (Å²) in [7, 11) is 0. The Bertz CT molecular complexity index is 705. The molecule has 2 aromatic carbocycles. The zero-order valence-electron chi connectivity index (χ0n) is 11.8. The number of hydrogen-bond donors (Lipinski definition) is 1. The molecule has 21 heavy (non-hydrogen) atoms. The van der Waals surface area contributed by atoms with Crippen molar-refractivity contribution < 1.29 is 14.6 Å². The van der Waals surface area contributed by atoms with Gasteiger partial charge in [0.1, 0.15) is 11.5 Å². The van der Waals surface area contributed by atoms with Gasteiger partial charge < -0.3 is 9.84 Å². The molecule has 0 unspecified atom stereocenters. The second-order valence-corrected chi connectivity index (χ2v) is 5.57. The maximum atomic E-state index is 10.7. The van der Waals surface area contributed by atoms with Gasteiger partial charge in [-0.1, -0.05) is 28.1 Å². The number of ether oxygens (including phenoxy) is 1. The smallest absolute Gasteiger partial charge is 0.328 e. The Morgan fingerprint density at radius 3 is 2.67 bits per heavy atom. The average molecular weight is 347 g/mol. The zero-order valence-corrected chi connectivity index (χ0v) is 13.3. The Hall–Kier alpha value is -2.07. The number of carboxylic acid groups (broad SMARTS) is 1. The molecule has 0 saturated heterocycles. The summed E-state index contributed by atoms with van der Waals surface area (Å²) >= 11 is 3.38. The molecule has 0 aliphatic heterocycles. The van der Waals surface area contributed by atoms with Crippen molar-refractivity contribution in [2.45, 2.75) is 13.8 Å². The highest BCUT2D eigenvalue weighted by atomic mass is 79.9. The molecule has 0 saturated carbocycles. The van der Waals surface area contributed by atoms with Crippen LogP contribution in [0.15, 0.2) is 46.9 Å². The number of rotatable bonds is 4. The van der Waals surface area contributed by atoms with Gasteiger partial charge in [0.2, 0.25) is 0 Å². The fourth-order valence-corrected chi connectivity index (χ4v) is 2.24. The number of carbonyl (C=O) groups is 1. The highest BCUT2D eigenvalue weighted by Gasteiger charge is 2.07. The van der Waals surface area contributed by atoms with Crippen molar-refractivity contribution in [3.8, 4) is 11.5 Å². The standard InChI is InChI=1S/C17H15BrO3/c1-11-4-3-5-15(12(11)2)21-16-8-7-14(18)10-13(16)6-9-17(19)20/h3-10H,1-2H3,(H,19,20)/b9-6+. The normalized spacial score (nSPS) is 10.8. The predicted molar refractivity (Wildman–Crippen MR) is 86.8 cm³/mol. The molecule has 2 rings (SSSR count). The first-order chi connectivity index (χ1) is 9.97. The van der Waals surface area contributed by atoms with Crippen LogP contribution < -0.4 is 4.74 Å². The molecule has 108 valence electrons. The van der Waals surface area contributed by atoms with E-state index in [4.69, 9.17) is 9.84 Å². The van der Waals surface area contributed by atoms with Crippen LogP contribution in [0.25, 0.3) is 6.08 Å². The van der Waals surface area contributed by atoms with Gasteiger partial charge in [-0.25, -0.2) is 4.79 Å². The summed E-state index contributed by atoms with van der Waals surface area (Å²) in [6.07, 6.45) is 2.62. The number of benzene rings is 2. The van der Waals surface area contributed by atoms with Gasteiger partial charge in [0.15, 0.2) is 0 Å². The molecule has 0 radical (unpaired) electrons. The van der Waals surface area contributed by atoms with Crippen LogP contribution in [-0.4, -0.2) is 11.1 Å². The van der Waals surface area contributed by atoms with Crippen LogP contribution >= 0.6 is 15.9 Å². The molecule has 0 heterocycles. The third-order valence-corrected chi connectivity index (χ3v) is 3.65. The van der Waals surface area contributed by atoms with E-state index in [-0.39, 0.29) is 0 Å². The molecular weight excluding hydrogens is 332 g/mol. The molecule has 0 atom stereocenters. The van der Waals surface area contributed by atoms with Crippen LogP contribution in [0, 0.1) is 13.8 Å². The van der Waals surface area contributed by atoms with E-state index in [0.29, 0.717) is 11.3 Å². The highest BCUT2D eigenvalue weighted by molar-refractivity contribution is 9.10. The third kappa shape index (κ3) is 3.95. The minimum Gasteiger partial charge on any atom is -0.478 e. The van der Waals surface area contributed by atoms with E-state index in [1.165, 1.54) is 6.08 Å². The molecule has 0 aliphatic carbocycles. The lowest BCUT2D eigenvalue weighted by Crippen LogP contribution is -1.93. The van der Waals surface area contributed by atoms with Gasteiger partial charge in [-0.15, -0.1) is 0 Å². The fourth-order valence-electron chi connectivity index (χ4n) is 1.86. The van der Waals surface area contributed by atoms with E-state index in [1.807, 2.05) is 50.2 Å². The van der Waals surface area contributed by atoms with E-state index < -0.39 is 5.97 Å². The largest absolute Gasteiger partial charge is 0.478 e. The van der Waals surface area contributed by atoms with Gasteiger partial charge in [-0.05, 0) is 55.3 Å². The van der Waals surface area contributed by atoms with Crippen LogP contribution in [-0.2, 0) is 4.79 Å². The molecule has 1 N–H and O–H groups in total. The van der Waals surface area contributed by atoms with Crippen molar-refractivity contribution >= 4 is 28.0 Å².